The summed E-state index contributed by atoms with van der Waals surface area (Å²) in [4.78, 5) is 9.18. The van der Waals surface area contributed by atoms with Crippen LogP contribution in [0.15, 0.2) is 12.3 Å². The summed E-state index contributed by atoms with van der Waals surface area (Å²) >= 11 is 0. The van der Waals surface area contributed by atoms with Gasteiger partial charge in [0, 0.05) is 25.3 Å². The van der Waals surface area contributed by atoms with Crippen molar-refractivity contribution in [2.45, 2.75) is 25.3 Å². The van der Waals surface area contributed by atoms with Crippen LogP contribution in [0.2, 0.25) is 0 Å². The first-order chi connectivity index (χ1) is 9.69. The Morgan fingerprint density at radius 2 is 2.25 bits per heavy atom. The number of nitrogens with zero attached hydrogens (tertiary/aromatic N) is 4. The van der Waals surface area contributed by atoms with Gasteiger partial charge in [-0.15, -0.1) is 0 Å². The molecule has 1 aromatic rings. The topological polar surface area (TPSA) is 69.2 Å². The number of pyridine rings is 1. The van der Waals surface area contributed by atoms with Crippen LogP contribution >= 0.6 is 0 Å². The standard InChI is InChI=1S/C15H21N5/c1-19-5-2-3-12-10-20(6-4-14(12)19)15-13(17)7-11(8-16)9-18-15/h7,9,12,14H,2-6,10,17H2,1H3. The maximum atomic E-state index is 8.88. The molecule has 0 saturated carbocycles. The molecule has 2 N–H and O–H groups in total. The Kier molecular flexibility index (Phi) is 3.49. The molecule has 106 valence electrons. The second-order valence-electron chi connectivity index (χ2n) is 5.93. The normalized spacial score (nSPS) is 26.9. The summed E-state index contributed by atoms with van der Waals surface area (Å²) in [6, 6.07) is 4.51. The van der Waals surface area contributed by atoms with E-state index >= 15 is 0 Å². The fourth-order valence-corrected chi connectivity index (χ4v) is 3.64. The number of nitrogens with two attached hydrogens (primary N) is 1. The molecular formula is C15H21N5. The minimum absolute atomic E-state index is 0.526. The van der Waals surface area contributed by atoms with Gasteiger partial charge in [0.15, 0.2) is 5.82 Å². The van der Waals surface area contributed by atoms with Crippen LogP contribution in [-0.4, -0.2) is 42.6 Å². The predicted octanol–water partition coefficient (Wildman–Crippen LogP) is 1.46. The first-order valence-corrected chi connectivity index (χ1v) is 7.30. The SMILES string of the molecule is CN1CCCC2CN(c3ncc(C#N)cc3N)CCC21. The lowest BCUT2D eigenvalue weighted by atomic mass is 9.84. The van der Waals surface area contributed by atoms with Crippen LogP contribution in [0.5, 0.6) is 0 Å². The summed E-state index contributed by atoms with van der Waals surface area (Å²) in [7, 11) is 2.24. The van der Waals surface area contributed by atoms with Crippen LogP contribution in [0.1, 0.15) is 24.8 Å². The molecule has 3 heterocycles. The van der Waals surface area contributed by atoms with Crippen LogP contribution < -0.4 is 10.6 Å². The highest BCUT2D eigenvalue weighted by molar-refractivity contribution is 5.64. The Balaban J connectivity index is 1.78. The van der Waals surface area contributed by atoms with E-state index in [0.717, 1.165) is 18.9 Å². The molecule has 2 aliphatic rings. The molecule has 5 heteroatoms. The highest BCUT2D eigenvalue weighted by Gasteiger charge is 2.34. The Morgan fingerprint density at radius 3 is 3.00 bits per heavy atom. The maximum Gasteiger partial charge on any atom is 0.151 e. The molecule has 2 aliphatic heterocycles. The van der Waals surface area contributed by atoms with E-state index in [-0.39, 0.29) is 0 Å². The number of anilines is 2. The zero-order valence-corrected chi connectivity index (χ0v) is 11.9. The quantitative estimate of drug-likeness (QED) is 0.837. The number of nitriles is 1. The zero-order chi connectivity index (χ0) is 14.1. The molecule has 2 unspecified atom stereocenters. The molecule has 0 radical (unpaired) electrons. The molecular weight excluding hydrogens is 250 g/mol. The van der Waals surface area contributed by atoms with Crippen LogP contribution in [0.4, 0.5) is 11.5 Å². The highest BCUT2D eigenvalue weighted by atomic mass is 15.2. The monoisotopic (exact) mass is 271 g/mol. The lowest BCUT2D eigenvalue weighted by Gasteiger charge is -2.46. The van der Waals surface area contributed by atoms with E-state index in [1.54, 1.807) is 12.3 Å². The van der Waals surface area contributed by atoms with Gasteiger partial charge in [0.25, 0.3) is 0 Å². The second kappa shape index (κ2) is 5.29. The minimum Gasteiger partial charge on any atom is -0.396 e. The van der Waals surface area contributed by atoms with Gasteiger partial charge in [-0.1, -0.05) is 0 Å². The number of hydrogen-bond donors (Lipinski definition) is 1. The predicted molar refractivity (Wildman–Crippen MR) is 79.3 cm³/mol. The van der Waals surface area contributed by atoms with Crippen molar-refractivity contribution < 1.29 is 0 Å². The Hall–Kier alpha value is -1.80. The van der Waals surface area contributed by atoms with E-state index in [4.69, 9.17) is 11.0 Å². The van der Waals surface area contributed by atoms with Gasteiger partial charge in [-0.3, -0.25) is 0 Å². The summed E-state index contributed by atoms with van der Waals surface area (Å²) < 4.78 is 0. The van der Waals surface area contributed by atoms with Crippen molar-refractivity contribution in [2.24, 2.45) is 5.92 Å². The van der Waals surface area contributed by atoms with Crippen LogP contribution in [0.3, 0.4) is 0 Å². The lowest BCUT2D eigenvalue weighted by Crippen LogP contribution is -2.53. The van der Waals surface area contributed by atoms with E-state index in [0.29, 0.717) is 23.2 Å². The minimum atomic E-state index is 0.526. The summed E-state index contributed by atoms with van der Waals surface area (Å²) in [6.45, 7) is 3.24. The third-order valence-electron chi connectivity index (χ3n) is 4.67. The fourth-order valence-electron chi connectivity index (χ4n) is 3.64. The van der Waals surface area contributed by atoms with E-state index < -0.39 is 0 Å². The maximum absolute atomic E-state index is 8.88. The van der Waals surface area contributed by atoms with Gasteiger partial charge < -0.3 is 15.5 Å². The molecule has 0 aliphatic carbocycles. The molecule has 0 spiro atoms. The van der Waals surface area contributed by atoms with Crippen molar-refractivity contribution in [3.05, 3.63) is 17.8 Å². The van der Waals surface area contributed by atoms with Crippen LogP contribution in [-0.2, 0) is 0 Å². The largest absolute Gasteiger partial charge is 0.396 e. The number of rotatable bonds is 1. The number of hydrogen-bond acceptors (Lipinski definition) is 5. The number of fused-ring (bicyclic) bond motifs is 1. The first-order valence-electron chi connectivity index (χ1n) is 7.30. The third kappa shape index (κ3) is 2.32. The van der Waals surface area contributed by atoms with Gasteiger partial charge in [0.2, 0.25) is 0 Å². The molecule has 3 rings (SSSR count). The Morgan fingerprint density at radius 1 is 1.40 bits per heavy atom. The zero-order valence-electron chi connectivity index (χ0n) is 11.9. The molecule has 1 aromatic heterocycles. The number of nitrogen functional groups attached to an aromatic ring is 1. The fraction of sp³-hybridized carbons (Fsp3) is 0.600. The summed E-state index contributed by atoms with van der Waals surface area (Å²) in [5, 5.41) is 8.88. The van der Waals surface area contributed by atoms with Crippen molar-refractivity contribution in [1.82, 2.24) is 9.88 Å². The lowest BCUT2D eigenvalue weighted by molar-refractivity contribution is 0.102. The van der Waals surface area contributed by atoms with Gasteiger partial charge in [0.1, 0.15) is 6.07 Å². The van der Waals surface area contributed by atoms with Crippen LogP contribution in [0.25, 0.3) is 0 Å². The average Bonchev–Trinajstić information content (AvgIpc) is 2.47. The average molecular weight is 271 g/mol. The van der Waals surface area contributed by atoms with Gasteiger partial charge >= 0.3 is 0 Å². The number of aromatic nitrogens is 1. The molecule has 0 bridgehead atoms. The van der Waals surface area contributed by atoms with E-state index in [2.05, 4.69) is 27.9 Å². The number of likely N-dealkylation sites (tertiary alicyclic amines) is 1. The van der Waals surface area contributed by atoms with Crippen LogP contribution in [0, 0.1) is 17.2 Å². The molecule has 2 atom stereocenters. The van der Waals surface area contributed by atoms with Crippen molar-refractivity contribution in [3.63, 3.8) is 0 Å². The molecule has 2 saturated heterocycles. The molecule has 20 heavy (non-hydrogen) atoms. The van der Waals surface area contributed by atoms with Crippen molar-refractivity contribution in [3.8, 4) is 6.07 Å². The summed E-state index contributed by atoms with van der Waals surface area (Å²) in [5.74, 6) is 1.55. The van der Waals surface area contributed by atoms with E-state index in [9.17, 15) is 0 Å². The molecule has 0 amide bonds. The molecule has 2 fully saturated rings. The summed E-state index contributed by atoms with van der Waals surface area (Å²) in [5.41, 5.74) is 7.20. The van der Waals surface area contributed by atoms with Gasteiger partial charge in [0.05, 0.1) is 11.3 Å². The molecule has 0 aromatic carbocycles. The molecule has 5 nitrogen and oxygen atoms in total. The first kappa shape index (κ1) is 13.2. The smallest absolute Gasteiger partial charge is 0.151 e. The van der Waals surface area contributed by atoms with E-state index in [1.807, 2.05) is 0 Å². The third-order valence-corrected chi connectivity index (χ3v) is 4.67. The van der Waals surface area contributed by atoms with Crippen molar-refractivity contribution >= 4 is 11.5 Å². The van der Waals surface area contributed by atoms with Crippen molar-refractivity contribution in [1.29, 1.82) is 5.26 Å². The van der Waals surface area contributed by atoms with Crippen molar-refractivity contribution in [2.75, 3.05) is 37.3 Å². The summed E-state index contributed by atoms with van der Waals surface area (Å²) in [6.07, 6.45) is 5.36. The Labute approximate surface area is 120 Å². The number of piperidine rings is 2. The Bertz CT molecular complexity index is 536. The second-order valence-corrected chi connectivity index (χ2v) is 5.93. The van der Waals surface area contributed by atoms with Gasteiger partial charge in [-0.25, -0.2) is 4.98 Å². The van der Waals surface area contributed by atoms with Gasteiger partial charge in [-0.2, -0.15) is 5.26 Å². The van der Waals surface area contributed by atoms with Gasteiger partial charge in [-0.05, 0) is 44.8 Å². The van der Waals surface area contributed by atoms with E-state index in [1.165, 1.54) is 25.8 Å². The highest BCUT2D eigenvalue weighted by Crippen LogP contribution is 2.33.